The molecular formula is C11H12N4O3. The Bertz CT molecular complexity index is 587. The number of aryl methyl sites for hydroxylation is 2. The molecule has 0 bridgehead atoms. The summed E-state index contributed by atoms with van der Waals surface area (Å²) >= 11 is 0. The highest BCUT2D eigenvalue weighted by molar-refractivity contribution is 6.04. The summed E-state index contributed by atoms with van der Waals surface area (Å²) in [5.74, 6) is -0.904. The van der Waals surface area contributed by atoms with Crippen LogP contribution in [0.4, 0.5) is 11.5 Å². The van der Waals surface area contributed by atoms with Crippen molar-refractivity contribution in [3.05, 3.63) is 40.2 Å². The molecule has 0 atom stereocenters. The Morgan fingerprint density at radius 2 is 2.17 bits per heavy atom. The van der Waals surface area contributed by atoms with Crippen molar-refractivity contribution in [1.29, 1.82) is 0 Å². The first-order valence-corrected chi connectivity index (χ1v) is 5.23. The number of aromatic nitrogens is 2. The summed E-state index contributed by atoms with van der Waals surface area (Å²) in [6.45, 7) is 3.89. The number of benzene rings is 1. The summed E-state index contributed by atoms with van der Waals surface area (Å²) in [6.07, 6.45) is 0. The maximum Gasteiger partial charge on any atom is 0.318 e. The predicted molar refractivity (Wildman–Crippen MR) is 63.7 cm³/mol. The highest BCUT2D eigenvalue weighted by Gasteiger charge is 2.24. The summed E-state index contributed by atoms with van der Waals surface area (Å²) < 4.78 is 4.22. The molecule has 0 aliphatic heterocycles. The lowest BCUT2D eigenvalue weighted by Gasteiger charge is -2.05. The smallest absolute Gasteiger partial charge is 0.318 e. The number of nitrogens with zero attached hydrogens (tertiary/aromatic N) is 2. The monoisotopic (exact) mass is 248 g/mol. The number of nitrogens with two attached hydrogens (primary N) is 1. The molecule has 0 aliphatic carbocycles. The van der Waals surface area contributed by atoms with E-state index in [9.17, 15) is 10.0 Å². The van der Waals surface area contributed by atoms with Gasteiger partial charge in [0.2, 0.25) is 0 Å². The second-order valence-electron chi connectivity index (χ2n) is 3.92. The molecule has 0 aliphatic rings. The summed E-state index contributed by atoms with van der Waals surface area (Å²) in [7, 11) is 0. The first-order valence-electron chi connectivity index (χ1n) is 5.23. The van der Waals surface area contributed by atoms with Crippen molar-refractivity contribution in [2.24, 2.45) is 0 Å². The highest BCUT2D eigenvalue weighted by atomic mass is 16.8. The fourth-order valence-electron chi connectivity index (χ4n) is 1.47. The maximum atomic E-state index is 11.8. The van der Waals surface area contributed by atoms with Crippen LogP contribution in [0, 0.1) is 19.1 Å². The third kappa shape index (κ3) is 2.10. The largest absolute Gasteiger partial charge is 0.359 e. The fourth-order valence-corrected chi connectivity index (χ4v) is 1.47. The molecule has 1 aromatic heterocycles. The number of nitrogen functional groups attached to an aromatic ring is 1. The lowest BCUT2D eigenvalue weighted by atomic mass is 10.1. The van der Waals surface area contributed by atoms with Crippen molar-refractivity contribution in [3.63, 3.8) is 0 Å². The van der Waals surface area contributed by atoms with Gasteiger partial charge < -0.3 is 16.3 Å². The van der Waals surface area contributed by atoms with Gasteiger partial charge in [0, 0.05) is 5.69 Å². The Hall–Kier alpha value is -2.57. The van der Waals surface area contributed by atoms with Crippen LogP contribution in [0.25, 0.3) is 0 Å². The lowest BCUT2D eigenvalue weighted by Crippen LogP contribution is -2.34. The quantitative estimate of drug-likeness (QED) is 0.762. The first kappa shape index (κ1) is 11.9. The van der Waals surface area contributed by atoms with E-state index in [1.807, 2.05) is 19.9 Å². The summed E-state index contributed by atoms with van der Waals surface area (Å²) in [5.41, 5.74) is 7.72. The zero-order valence-electron chi connectivity index (χ0n) is 9.93. The van der Waals surface area contributed by atoms with Gasteiger partial charge in [-0.05, 0) is 42.0 Å². The molecular weight excluding hydrogens is 236 g/mol. The Morgan fingerprint density at radius 3 is 2.72 bits per heavy atom. The standard InChI is InChI=1S/C11H12N4O3/c1-6-3-4-8(5-7(6)2)13-11(16)9-10(12)14-18-15(9)17/h3-5H,1-2H3,(H2,12,14)(H,13,16). The molecule has 2 aromatic rings. The number of hydrogen-bond donors (Lipinski definition) is 2. The van der Waals surface area contributed by atoms with E-state index < -0.39 is 5.91 Å². The molecule has 0 unspecified atom stereocenters. The van der Waals surface area contributed by atoms with Crippen molar-refractivity contribution in [2.75, 3.05) is 11.1 Å². The van der Waals surface area contributed by atoms with Crippen LogP contribution in [0.1, 0.15) is 21.6 Å². The van der Waals surface area contributed by atoms with Gasteiger partial charge in [-0.15, -0.1) is 0 Å². The van der Waals surface area contributed by atoms with E-state index in [1.165, 1.54) is 0 Å². The third-order valence-corrected chi connectivity index (χ3v) is 2.62. The number of carbonyl (C=O) groups is 1. The second kappa shape index (κ2) is 4.36. The van der Waals surface area contributed by atoms with E-state index in [0.717, 1.165) is 11.1 Å². The number of carbonyl (C=O) groups excluding carboxylic acids is 1. The Kier molecular flexibility index (Phi) is 2.88. The van der Waals surface area contributed by atoms with E-state index in [4.69, 9.17) is 5.73 Å². The molecule has 7 nitrogen and oxygen atoms in total. The van der Waals surface area contributed by atoms with E-state index in [2.05, 4.69) is 15.1 Å². The van der Waals surface area contributed by atoms with E-state index >= 15 is 0 Å². The number of amides is 1. The molecule has 2 rings (SSSR count). The van der Waals surface area contributed by atoms with Gasteiger partial charge in [0.1, 0.15) is 0 Å². The Labute approximate surface area is 103 Å². The molecule has 0 saturated heterocycles. The molecule has 0 radical (unpaired) electrons. The molecule has 94 valence electrons. The molecule has 3 N–H and O–H groups in total. The molecule has 0 spiro atoms. The third-order valence-electron chi connectivity index (χ3n) is 2.62. The number of nitrogens with one attached hydrogen (secondary N) is 1. The average molecular weight is 248 g/mol. The van der Waals surface area contributed by atoms with Crippen LogP contribution in [0.3, 0.4) is 0 Å². The van der Waals surface area contributed by atoms with Crippen molar-refractivity contribution >= 4 is 17.4 Å². The minimum absolute atomic E-state index is 0.0221. The van der Waals surface area contributed by atoms with Crippen LogP contribution in [0.5, 0.6) is 0 Å². The van der Waals surface area contributed by atoms with Gasteiger partial charge in [-0.3, -0.25) is 9.42 Å². The second-order valence-corrected chi connectivity index (χ2v) is 3.92. The number of rotatable bonds is 2. The molecule has 18 heavy (non-hydrogen) atoms. The van der Waals surface area contributed by atoms with E-state index in [1.54, 1.807) is 12.1 Å². The van der Waals surface area contributed by atoms with Gasteiger partial charge in [0.05, 0.1) is 5.16 Å². The van der Waals surface area contributed by atoms with Gasteiger partial charge in [-0.2, -0.15) is 0 Å². The van der Waals surface area contributed by atoms with Gasteiger partial charge in [-0.25, -0.2) is 0 Å². The number of anilines is 2. The summed E-state index contributed by atoms with van der Waals surface area (Å²) in [5, 5.41) is 16.9. The molecule has 1 aromatic carbocycles. The van der Waals surface area contributed by atoms with Crippen LogP contribution in [-0.4, -0.2) is 11.1 Å². The first-order chi connectivity index (χ1) is 8.49. The minimum Gasteiger partial charge on any atom is -0.359 e. The lowest BCUT2D eigenvalue weighted by molar-refractivity contribution is -0.803. The SMILES string of the molecule is Cc1ccc(NC(=O)c2c(N)no[n+]2[O-])cc1C. The Balaban J connectivity index is 2.24. The van der Waals surface area contributed by atoms with Crippen molar-refractivity contribution in [2.45, 2.75) is 13.8 Å². The summed E-state index contributed by atoms with van der Waals surface area (Å²) in [4.78, 5) is 11.8. The van der Waals surface area contributed by atoms with Crippen LogP contribution in [0.15, 0.2) is 22.8 Å². The normalized spacial score (nSPS) is 10.3. The van der Waals surface area contributed by atoms with Crippen molar-refractivity contribution in [1.82, 2.24) is 5.16 Å². The van der Waals surface area contributed by atoms with Crippen LogP contribution >= 0.6 is 0 Å². The van der Waals surface area contributed by atoms with Gasteiger partial charge in [0.25, 0.3) is 0 Å². The van der Waals surface area contributed by atoms with Gasteiger partial charge >= 0.3 is 17.4 Å². The molecule has 0 saturated carbocycles. The highest BCUT2D eigenvalue weighted by Crippen LogP contribution is 2.15. The maximum absolute atomic E-state index is 11.8. The van der Waals surface area contributed by atoms with Gasteiger partial charge in [0.15, 0.2) is 0 Å². The van der Waals surface area contributed by atoms with E-state index in [-0.39, 0.29) is 16.4 Å². The number of hydrogen-bond acceptors (Lipinski definition) is 5. The van der Waals surface area contributed by atoms with Gasteiger partial charge in [-0.1, -0.05) is 6.07 Å². The molecule has 0 fully saturated rings. The van der Waals surface area contributed by atoms with Crippen molar-refractivity contribution < 1.29 is 14.3 Å². The topological polar surface area (TPSA) is 108 Å². The minimum atomic E-state index is -0.660. The predicted octanol–water partition coefficient (Wildman–Crippen LogP) is 0.759. The zero-order valence-corrected chi connectivity index (χ0v) is 9.93. The fraction of sp³-hybridized carbons (Fsp3) is 0.182. The molecule has 7 heteroatoms. The van der Waals surface area contributed by atoms with E-state index in [0.29, 0.717) is 5.69 Å². The molecule has 1 amide bonds. The Morgan fingerprint density at radius 1 is 1.44 bits per heavy atom. The van der Waals surface area contributed by atoms with Crippen LogP contribution < -0.4 is 16.0 Å². The zero-order chi connectivity index (χ0) is 13.3. The van der Waals surface area contributed by atoms with Crippen molar-refractivity contribution in [3.8, 4) is 0 Å². The molecule has 1 heterocycles. The average Bonchev–Trinajstić information content (AvgIpc) is 2.64. The van der Waals surface area contributed by atoms with Crippen LogP contribution in [-0.2, 0) is 0 Å². The van der Waals surface area contributed by atoms with Crippen LogP contribution in [0.2, 0.25) is 0 Å². The summed E-state index contributed by atoms with van der Waals surface area (Å²) in [6, 6.07) is 5.40.